The first-order valence-corrected chi connectivity index (χ1v) is 8.95. The highest BCUT2D eigenvalue weighted by Gasteiger charge is 2.48. The van der Waals surface area contributed by atoms with E-state index in [0.29, 0.717) is 24.4 Å². The number of imidazole rings is 1. The van der Waals surface area contributed by atoms with E-state index in [9.17, 15) is 4.79 Å². The Balaban J connectivity index is 1.48. The molecule has 0 bridgehead atoms. The molecule has 1 heterocycles. The molecule has 0 aliphatic heterocycles. The Morgan fingerprint density at radius 1 is 1.43 bits per heavy atom. The summed E-state index contributed by atoms with van der Waals surface area (Å²) < 4.78 is 3.08. The van der Waals surface area contributed by atoms with Crippen molar-refractivity contribution in [1.82, 2.24) is 14.5 Å². The van der Waals surface area contributed by atoms with Crippen LogP contribution in [-0.4, -0.2) is 26.4 Å². The van der Waals surface area contributed by atoms with Gasteiger partial charge in [0.25, 0.3) is 0 Å². The maximum atomic E-state index is 13.0. The van der Waals surface area contributed by atoms with Crippen LogP contribution in [0.1, 0.15) is 36.6 Å². The summed E-state index contributed by atoms with van der Waals surface area (Å²) in [5.41, 5.74) is 1.27. The van der Waals surface area contributed by atoms with E-state index in [1.807, 2.05) is 29.9 Å². The van der Waals surface area contributed by atoms with Crippen LogP contribution in [0.4, 0.5) is 0 Å². The number of aromatic nitrogens is 2. The van der Waals surface area contributed by atoms with E-state index in [1.165, 1.54) is 5.56 Å². The lowest BCUT2D eigenvalue weighted by atomic mass is 10.1. The zero-order valence-electron chi connectivity index (χ0n) is 13.2. The van der Waals surface area contributed by atoms with Crippen molar-refractivity contribution in [3.63, 3.8) is 0 Å². The zero-order valence-corrected chi connectivity index (χ0v) is 14.7. The third-order valence-corrected chi connectivity index (χ3v) is 5.38. The summed E-state index contributed by atoms with van der Waals surface area (Å²) in [4.78, 5) is 19.4. The predicted octanol–water partition coefficient (Wildman–Crippen LogP) is 3.48. The quantitative estimate of drug-likeness (QED) is 0.804. The molecule has 23 heavy (non-hydrogen) atoms. The van der Waals surface area contributed by atoms with Crippen LogP contribution >= 0.6 is 15.9 Å². The largest absolute Gasteiger partial charge is 0.337 e. The Bertz CT molecular complexity index is 737. The summed E-state index contributed by atoms with van der Waals surface area (Å²) in [7, 11) is 1.99. The molecule has 5 heteroatoms. The summed E-state index contributed by atoms with van der Waals surface area (Å²) in [5.74, 6) is 1.79. The summed E-state index contributed by atoms with van der Waals surface area (Å²) in [6.07, 6.45) is 6.96. The smallest absolute Gasteiger partial charge is 0.226 e. The van der Waals surface area contributed by atoms with Crippen molar-refractivity contribution in [2.45, 2.75) is 37.8 Å². The predicted molar refractivity (Wildman–Crippen MR) is 91.8 cm³/mol. The van der Waals surface area contributed by atoms with Gasteiger partial charge in [-0.2, -0.15) is 0 Å². The number of hydrogen-bond acceptors (Lipinski definition) is 2. The van der Waals surface area contributed by atoms with Crippen molar-refractivity contribution in [3.05, 3.63) is 52.5 Å². The van der Waals surface area contributed by atoms with Gasteiger partial charge in [-0.15, -0.1) is 0 Å². The van der Waals surface area contributed by atoms with Crippen LogP contribution < -0.4 is 0 Å². The van der Waals surface area contributed by atoms with Crippen molar-refractivity contribution in [3.8, 4) is 0 Å². The molecule has 4 rings (SSSR count). The Hall–Kier alpha value is -1.62. The Labute approximate surface area is 144 Å². The van der Waals surface area contributed by atoms with Gasteiger partial charge in [0.2, 0.25) is 5.91 Å². The standard InChI is InChI=1S/C18H20BrN3O/c1-21-8-7-20-17(21)11-22(14-5-6-14)18(23)16-10-15(16)12-3-2-4-13(19)9-12/h2-4,7-9,14-16H,5-6,10-11H2,1H3. The van der Waals surface area contributed by atoms with Crippen LogP contribution in [0.15, 0.2) is 41.1 Å². The van der Waals surface area contributed by atoms with E-state index in [4.69, 9.17) is 0 Å². The minimum atomic E-state index is 0.144. The molecule has 2 saturated carbocycles. The number of hydrogen-bond donors (Lipinski definition) is 0. The first-order chi connectivity index (χ1) is 11.1. The number of benzene rings is 1. The van der Waals surface area contributed by atoms with Crippen LogP contribution in [0, 0.1) is 5.92 Å². The lowest BCUT2D eigenvalue weighted by Gasteiger charge is -2.22. The maximum absolute atomic E-state index is 13.0. The zero-order chi connectivity index (χ0) is 16.0. The molecular formula is C18H20BrN3O. The Morgan fingerprint density at radius 2 is 2.26 bits per heavy atom. The molecule has 2 fully saturated rings. The van der Waals surface area contributed by atoms with Gasteiger partial charge in [-0.05, 0) is 42.9 Å². The van der Waals surface area contributed by atoms with Crippen LogP contribution in [0.3, 0.4) is 0 Å². The second-order valence-corrected chi connectivity index (χ2v) is 7.57. The maximum Gasteiger partial charge on any atom is 0.226 e. The van der Waals surface area contributed by atoms with Crippen molar-refractivity contribution in [2.24, 2.45) is 13.0 Å². The van der Waals surface area contributed by atoms with Gasteiger partial charge < -0.3 is 9.47 Å². The fourth-order valence-corrected chi connectivity index (χ4v) is 3.68. The second-order valence-electron chi connectivity index (χ2n) is 6.66. The molecular weight excluding hydrogens is 354 g/mol. The molecule has 120 valence electrons. The molecule has 0 N–H and O–H groups in total. The van der Waals surface area contributed by atoms with Crippen molar-refractivity contribution < 1.29 is 4.79 Å². The summed E-state index contributed by atoms with van der Waals surface area (Å²) in [6.45, 7) is 0.634. The van der Waals surface area contributed by atoms with Gasteiger partial charge >= 0.3 is 0 Å². The first kappa shape index (κ1) is 14.9. The van der Waals surface area contributed by atoms with Gasteiger partial charge in [0.1, 0.15) is 5.82 Å². The lowest BCUT2D eigenvalue weighted by Crippen LogP contribution is -2.35. The number of rotatable bonds is 5. The molecule has 1 aromatic carbocycles. The molecule has 1 aromatic heterocycles. The third-order valence-electron chi connectivity index (χ3n) is 4.89. The second kappa shape index (κ2) is 5.78. The van der Waals surface area contributed by atoms with Crippen LogP contribution in [0.25, 0.3) is 0 Å². The van der Waals surface area contributed by atoms with Gasteiger partial charge in [0, 0.05) is 35.9 Å². The van der Waals surface area contributed by atoms with E-state index in [2.05, 4.69) is 37.9 Å². The van der Waals surface area contributed by atoms with E-state index in [1.54, 1.807) is 6.20 Å². The SMILES string of the molecule is Cn1ccnc1CN(C(=O)C1CC1c1cccc(Br)c1)C1CC1. The topological polar surface area (TPSA) is 38.1 Å². The average molecular weight is 374 g/mol. The Morgan fingerprint density at radius 3 is 2.91 bits per heavy atom. The van der Waals surface area contributed by atoms with E-state index < -0.39 is 0 Å². The van der Waals surface area contributed by atoms with Gasteiger partial charge in [0.15, 0.2) is 0 Å². The molecule has 4 nitrogen and oxygen atoms in total. The van der Waals surface area contributed by atoms with Crippen LogP contribution in [0.5, 0.6) is 0 Å². The van der Waals surface area contributed by atoms with Crippen molar-refractivity contribution >= 4 is 21.8 Å². The minimum absolute atomic E-state index is 0.144. The number of aryl methyl sites for hydroxylation is 1. The van der Waals surface area contributed by atoms with Gasteiger partial charge in [-0.3, -0.25) is 4.79 Å². The average Bonchev–Trinajstić information content (AvgIpc) is 3.44. The summed E-state index contributed by atoms with van der Waals surface area (Å²) in [6, 6.07) is 8.76. The van der Waals surface area contributed by atoms with Gasteiger partial charge in [-0.25, -0.2) is 4.98 Å². The van der Waals surface area contributed by atoms with Gasteiger partial charge in [0.05, 0.1) is 6.54 Å². The van der Waals surface area contributed by atoms with Crippen molar-refractivity contribution in [1.29, 1.82) is 0 Å². The van der Waals surface area contributed by atoms with E-state index >= 15 is 0 Å². The molecule has 0 radical (unpaired) electrons. The van der Waals surface area contributed by atoms with Gasteiger partial charge in [-0.1, -0.05) is 28.1 Å². The first-order valence-electron chi connectivity index (χ1n) is 8.15. The Kier molecular flexibility index (Phi) is 3.76. The summed E-state index contributed by atoms with van der Waals surface area (Å²) in [5, 5.41) is 0. The molecule has 0 saturated heterocycles. The molecule has 2 atom stereocenters. The molecule has 1 amide bonds. The number of carbonyl (C=O) groups excluding carboxylic acids is 1. The molecule has 0 spiro atoms. The highest BCUT2D eigenvalue weighted by Crippen LogP contribution is 2.50. The number of amides is 1. The molecule has 2 unspecified atom stereocenters. The number of carbonyl (C=O) groups is 1. The fourth-order valence-electron chi connectivity index (χ4n) is 3.26. The lowest BCUT2D eigenvalue weighted by molar-refractivity contribution is -0.134. The van der Waals surface area contributed by atoms with E-state index in [-0.39, 0.29) is 5.92 Å². The monoisotopic (exact) mass is 373 g/mol. The molecule has 2 aromatic rings. The summed E-state index contributed by atoms with van der Waals surface area (Å²) >= 11 is 3.52. The van der Waals surface area contributed by atoms with Crippen LogP contribution in [-0.2, 0) is 18.4 Å². The minimum Gasteiger partial charge on any atom is -0.337 e. The highest BCUT2D eigenvalue weighted by molar-refractivity contribution is 9.10. The highest BCUT2D eigenvalue weighted by atomic mass is 79.9. The fraction of sp³-hybridized carbons (Fsp3) is 0.444. The molecule has 2 aliphatic carbocycles. The van der Waals surface area contributed by atoms with Crippen LogP contribution in [0.2, 0.25) is 0 Å². The van der Waals surface area contributed by atoms with E-state index in [0.717, 1.165) is 29.6 Å². The normalized spacial score (nSPS) is 22.9. The number of halogens is 1. The third kappa shape index (κ3) is 3.07. The van der Waals surface area contributed by atoms with Crippen molar-refractivity contribution in [2.75, 3.05) is 0 Å². The number of nitrogens with zero attached hydrogens (tertiary/aromatic N) is 3. The molecule has 2 aliphatic rings.